The van der Waals surface area contributed by atoms with Crippen molar-refractivity contribution in [1.29, 1.82) is 0 Å². The number of hydrogen-bond acceptors (Lipinski definition) is 2. The van der Waals surface area contributed by atoms with E-state index < -0.39 is 0 Å². The van der Waals surface area contributed by atoms with Gasteiger partial charge in [-0.3, -0.25) is 4.90 Å². The average molecular weight is 139 g/mol. The van der Waals surface area contributed by atoms with E-state index >= 15 is 0 Å². The highest BCUT2D eigenvalue weighted by molar-refractivity contribution is 5.18. The summed E-state index contributed by atoms with van der Waals surface area (Å²) in [5, 5.41) is 8.83. The van der Waals surface area contributed by atoms with Gasteiger partial charge in [0.1, 0.15) is 0 Å². The van der Waals surface area contributed by atoms with E-state index in [0.717, 1.165) is 6.54 Å². The van der Waals surface area contributed by atoms with Gasteiger partial charge in [0.15, 0.2) is 0 Å². The molecule has 0 aromatic carbocycles. The van der Waals surface area contributed by atoms with Gasteiger partial charge < -0.3 is 5.11 Å². The molecule has 0 amide bonds. The molecule has 0 saturated carbocycles. The topological polar surface area (TPSA) is 23.5 Å². The van der Waals surface area contributed by atoms with Crippen LogP contribution in [0.15, 0.2) is 11.6 Å². The van der Waals surface area contributed by atoms with Gasteiger partial charge in [-0.25, -0.2) is 0 Å². The van der Waals surface area contributed by atoms with Crippen LogP contribution in [0.25, 0.3) is 0 Å². The molecule has 1 saturated heterocycles. The molecule has 1 N–H and O–H groups in total. The second-order valence-electron chi connectivity index (χ2n) is 3.16. The first kappa shape index (κ1) is 6.38. The maximum atomic E-state index is 8.83. The zero-order valence-corrected chi connectivity index (χ0v) is 6.08. The van der Waals surface area contributed by atoms with Gasteiger partial charge in [-0.05, 0) is 25.0 Å². The summed E-state index contributed by atoms with van der Waals surface area (Å²) in [6.07, 6.45) is 4.86. The van der Waals surface area contributed by atoms with Gasteiger partial charge in [0.25, 0.3) is 0 Å². The van der Waals surface area contributed by atoms with Crippen molar-refractivity contribution in [2.45, 2.75) is 18.9 Å². The quantitative estimate of drug-likeness (QED) is 0.531. The van der Waals surface area contributed by atoms with Crippen LogP contribution in [0, 0.1) is 0 Å². The third-order valence-corrected chi connectivity index (χ3v) is 2.45. The van der Waals surface area contributed by atoms with Crippen molar-refractivity contribution in [3.05, 3.63) is 11.6 Å². The van der Waals surface area contributed by atoms with Gasteiger partial charge in [0, 0.05) is 12.6 Å². The van der Waals surface area contributed by atoms with Crippen molar-refractivity contribution >= 4 is 0 Å². The van der Waals surface area contributed by atoms with Crippen LogP contribution in [0.2, 0.25) is 0 Å². The van der Waals surface area contributed by atoms with E-state index in [4.69, 9.17) is 5.11 Å². The number of fused-ring (bicyclic) bond motifs is 1. The Bertz CT molecular complexity index is 165. The Morgan fingerprint density at radius 1 is 1.70 bits per heavy atom. The van der Waals surface area contributed by atoms with Crippen LogP contribution in [-0.2, 0) is 0 Å². The van der Waals surface area contributed by atoms with E-state index in [1.165, 1.54) is 25.0 Å². The smallest absolute Gasteiger partial charge is 0.0654 e. The Morgan fingerprint density at radius 2 is 2.60 bits per heavy atom. The van der Waals surface area contributed by atoms with Crippen LogP contribution in [0.4, 0.5) is 0 Å². The first-order valence-corrected chi connectivity index (χ1v) is 3.94. The SMILES string of the molecule is OCC1=C[C@@H]2CCCN2C1. The number of aliphatic hydroxyl groups is 1. The van der Waals surface area contributed by atoms with E-state index in [2.05, 4.69) is 11.0 Å². The van der Waals surface area contributed by atoms with Crippen LogP contribution in [0.3, 0.4) is 0 Å². The molecular formula is C8H13NO. The third-order valence-electron chi connectivity index (χ3n) is 2.45. The lowest BCUT2D eigenvalue weighted by atomic mass is 10.2. The molecule has 56 valence electrons. The Labute approximate surface area is 61.1 Å². The van der Waals surface area contributed by atoms with Crippen LogP contribution >= 0.6 is 0 Å². The highest BCUT2D eigenvalue weighted by Gasteiger charge is 2.27. The fraction of sp³-hybridized carbons (Fsp3) is 0.750. The molecule has 2 aliphatic heterocycles. The van der Waals surface area contributed by atoms with E-state index in [1.807, 2.05) is 0 Å². The van der Waals surface area contributed by atoms with Crippen molar-refractivity contribution < 1.29 is 5.11 Å². The molecule has 0 spiro atoms. The molecule has 10 heavy (non-hydrogen) atoms. The molecule has 2 heterocycles. The highest BCUT2D eigenvalue weighted by atomic mass is 16.3. The number of hydrogen-bond donors (Lipinski definition) is 1. The minimum atomic E-state index is 0.257. The third kappa shape index (κ3) is 0.879. The molecule has 2 aliphatic rings. The number of rotatable bonds is 1. The maximum Gasteiger partial charge on any atom is 0.0654 e. The molecule has 0 aromatic heterocycles. The Hall–Kier alpha value is -0.340. The lowest BCUT2D eigenvalue weighted by Crippen LogP contribution is -2.23. The second kappa shape index (κ2) is 2.36. The summed E-state index contributed by atoms with van der Waals surface area (Å²) in [5.41, 5.74) is 1.21. The van der Waals surface area contributed by atoms with Gasteiger partial charge in [-0.2, -0.15) is 0 Å². The maximum absolute atomic E-state index is 8.83. The lowest BCUT2D eigenvalue weighted by Gasteiger charge is -2.13. The summed E-state index contributed by atoms with van der Waals surface area (Å²) in [6.45, 7) is 2.50. The Balaban J connectivity index is 2.06. The van der Waals surface area contributed by atoms with E-state index in [0.29, 0.717) is 6.04 Å². The second-order valence-corrected chi connectivity index (χ2v) is 3.16. The lowest BCUT2D eigenvalue weighted by molar-refractivity contribution is 0.302. The van der Waals surface area contributed by atoms with Crippen LogP contribution in [0.5, 0.6) is 0 Å². The molecule has 2 heteroatoms. The largest absolute Gasteiger partial charge is 0.392 e. The van der Waals surface area contributed by atoms with E-state index in [-0.39, 0.29) is 6.61 Å². The molecule has 2 nitrogen and oxygen atoms in total. The molecule has 1 atom stereocenters. The summed E-state index contributed by atoms with van der Waals surface area (Å²) in [4.78, 5) is 2.44. The fourth-order valence-corrected chi connectivity index (χ4v) is 1.93. The van der Waals surface area contributed by atoms with Gasteiger partial charge >= 0.3 is 0 Å². The fourth-order valence-electron chi connectivity index (χ4n) is 1.93. The molecule has 0 aliphatic carbocycles. The van der Waals surface area contributed by atoms with E-state index in [1.54, 1.807) is 0 Å². The summed E-state index contributed by atoms with van der Waals surface area (Å²) in [7, 11) is 0. The number of nitrogens with zero attached hydrogens (tertiary/aromatic N) is 1. The summed E-state index contributed by atoms with van der Waals surface area (Å²) in [6, 6.07) is 0.669. The van der Waals surface area contributed by atoms with Crippen LogP contribution < -0.4 is 0 Å². The molecule has 0 unspecified atom stereocenters. The standard InChI is InChI=1S/C8H13NO/c10-6-7-4-8-2-1-3-9(8)5-7/h4,8,10H,1-3,5-6H2/t8-/m0/s1. The first-order valence-electron chi connectivity index (χ1n) is 3.94. The average Bonchev–Trinajstić information content (AvgIpc) is 2.42. The zero-order valence-electron chi connectivity index (χ0n) is 6.08. The van der Waals surface area contributed by atoms with Crippen molar-refractivity contribution in [2.24, 2.45) is 0 Å². The number of aliphatic hydroxyl groups excluding tert-OH is 1. The van der Waals surface area contributed by atoms with E-state index in [9.17, 15) is 0 Å². The summed E-state index contributed by atoms with van der Waals surface area (Å²) < 4.78 is 0. The highest BCUT2D eigenvalue weighted by Crippen LogP contribution is 2.25. The molecule has 2 rings (SSSR count). The van der Waals surface area contributed by atoms with Crippen molar-refractivity contribution in [2.75, 3.05) is 19.7 Å². The predicted octanol–water partition coefficient (Wildman–Crippen LogP) is 0.383. The van der Waals surface area contributed by atoms with Gasteiger partial charge in [0.05, 0.1) is 6.61 Å². The van der Waals surface area contributed by atoms with Crippen molar-refractivity contribution in [3.8, 4) is 0 Å². The first-order chi connectivity index (χ1) is 4.90. The monoisotopic (exact) mass is 139 g/mol. The normalized spacial score (nSPS) is 32.5. The molecule has 0 aromatic rings. The molecule has 0 radical (unpaired) electrons. The molecule has 1 fully saturated rings. The zero-order chi connectivity index (χ0) is 6.97. The summed E-state index contributed by atoms with van der Waals surface area (Å²) in [5.74, 6) is 0. The van der Waals surface area contributed by atoms with Crippen molar-refractivity contribution in [3.63, 3.8) is 0 Å². The minimum absolute atomic E-state index is 0.257. The molecule has 0 bridgehead atoms. The van der Waals surface area contributed by atoms with Crippen molar-refractivity contribution in [1.82, 2.24) is 4.90 Å². The van der Waals surface area contributed by atoms with Gasteiger partial charge in [-0.1, -0.05) is 6.08 Å². The minimum Gasteiger partial charge on any atom is -0.392 e. The Morgan fingerprint density at radius 3 is 3.30 bits per heavy atom. The predicted molar refractivity (Wildman–Crippen MR) is 39.8 cm³/mol. The van der Waals surface area contributed by atoms with Crippen LogP contribution in [0.1, 0.15) is 12.8 Å². The van der Waals surface area contributed by atoms with Crippen LogP contribution in [-0.4, -0.2) is 35.7 Å². The summed E-state index contributed by atoms with van der Waals surface area (Å²) >= 11 is 0. The Kier molecular flexibility index (Phi) is 1.51. The molecular weight excluding hydrogens is 126 g/mol. The van der Waals surface area contributed by atoms with Gasteiger partial charge in [0.2, 0.25) is 0 Å². The van der Waals surface area contributed by atoms with Gasteiger partial charge in [-0.15, -0.1) is 0 Å².